The standard InChI is InChI=1S/C18H25N3O2/c1-5-19-10-11-20-18(22)17-12-13(2)21(14(17)3)15-6-8-16(23-4)9-7-15/h6-9,12,19H,5,10-11H2,1-4H3,(H,20,22). The third kappa shape index (κ3) is 3.93. The van der Waals surface area contributed by atoms with Gasteiger partial charge in [0.05, 0.1) is 12.7 Å². The zero-order valence-corrected chi connectivity index (χ0v) is 14.3. The molecule has 1 aromatic carbocycles. The highest BCUT2D eigenvalue weighted by Gasteiger charge is 2.16. The minimum Gasteiger partial charge on any atom is -0.497 e. The van der Waals surface area contributed by atoms with Gasteiger partial charge in [-0.1, -0.05) is 6.92 Å². The first kappa shape index (κ1) is 17.1. The molecule has 0 atom stereocenters. The molecule has 0 aliphatic carbocycles. The average Bonchev–Trinajstić information content (AvgIpc) is 2.86. The lowest BCUT2D eigenvalue weighted by atomic mass is 10.2. The van der Waals surface area contributed by atoms with Gasteiger partial charge in [-0.2, -0.15) is 0 Å². The van der Waals surface area contributed by atoms with Crippen molar-refractivity contribution in [2.24, 2.45) is 0 Å². The zero-order chi connectivity index (χ0) is 16.8. The van der Waals surface area contributed by atoms with E-state index in [0.29, 0.717) is 6.54 Å². The fourth-order valence-corrected chi connectivity index (χ4v) is 2.66. The van der Waals surface area contributed by atoms with Crippen LogP contribution in [0.4, 0.5) is 0 Å². The molecule has 0 radical (unpaired) electrons. The fourth-order valence-electron chi connectivity index (χ4n) is 2.66. The summed E-state index contributed by atoms with van der Waals surface area (Å²) in [5.41, 5.74) is 3.71. The molecule has 0 fully saturated rings. The molecule has 2 N–H and O–H groups in total. The van der Waals surface area contributed by atoms with E-state index in [4.69, 9.17) is 4.74 Å². The molecular weight excluding hydrogens is 290 g/mol. The van der Waals surface area contributed by atoms with Gasteiger partial charge in [0, 0.05) is 30.2 Å². The average molecular weight is 315 g/mol. The van der Waals surface area contributed by atoms with Gasteiger partial charge in [0.2, 0.25) is 0 Å². The maximum absolute atomic E-state index is 12.4. The highest BCUT2D eigenvalue weighted by Crippen LogP contribution is 2.22. The first-order valence-corrected chi connectivity index (χ1v) is 7.90. The van der Waals surface area contributed by atoms with Crippen molar-refractivity contribution >= 4 is 5.91 Å². The lowest BCUT2D eigenvalue weighted by molar-refractivity contribution is 0.0953. The number of ether oxygens (including phenoxy) is 1. The fraction of sp³-hybridized carbons (Fsp3) is 0.389. The third-order valence-corrected chi connectivity index (χ3v) is 3.84. The molecule has 0 unspecified atom stereocenters. The molecule has 1 aromatic heterocycles. The molecule has 5 nitrogen and oxygen atoms in total. The first-order chi connectivity index (χ1) is 11.1. The highest BCUT2D eigenvalue weighted by molar-refractivity contribution is 5.95. The van der Waals surface area contributed by atoms with Crippen molar-refractivity contribution in [3.63, 3.8) is 0 Å². The van der Waals surface area contributed by atoms with Crippen LogP contribution in [0.2, 0.25) is 0 Å². The number of hydrogen-bond donors (Lipinski definition) is 2. The van der Waals surface area contributed by atoms with E-state index < -0.39 is 0 Å². The number of rotatable bonds is 7. The number of aryl methyl sites for hydroxylation is 1. The van der Waals surface area contributed by atoms with Crippen molar-refractivity contribution < 1.29 is 9.53 Å². The van der Waals surface area contributed by atoms with Gasteiger partial charge in [0.25, 0.3) is 5.91 Å². The Morgan fingerprint density at radius 1 is 1.17 bits per heavy atom. The molecule has 0 saturated carbocycles. The molecule has 23 heavy (non-hydrogen) atoms. The summed E-state index contributed by atoms with van der Waals surface area (Å²) in [6.45, 7) is 8.33. The van der Waals surface area contributed by atoms with E-state index >= 15 is 0 Å². The van der Waals surface area contributed by atoms with Crippen LogP contribution >= 0.6 is 0 Å². The normalized spacial score (nSPS) is 10.6. The molecular formula is C18H25N3O2. The summed E-state index contributed by atoms with van der Waals surface area (Å²) >= 11 is 0. The summed E-state index contributed by atoms with van der Waals surface area (Å²) in [7, 11) is 1.65. The van der Waals surface area contributed by atoms with Crippen LogP contribution in [0.1, 0.15) is 28.7 Å². The van der Waals surface area contributed by atoms with Crippen LogP contribution in [0.3, 0.4) is 0 Å². The third-order valence-electron chi connectivity index (χ3n) is 3.84. The Bertz CT molecular complexity index is 660. The van der Waals surface area contributed by atoms with Crippen LogP contribution in [0.5, 0.6) is 5.75 Å². The molecule has 2 rings (SSSR count). The van der Waals surface area contributed by atoms with Crippen molar-refractivity contribution in [2.45, 2.75) is 20.8 Å². The van der Waals surface area contributed by atoms with Gasteiger partial charge in [0.1, 0.15) is 5.75 Å². The lowest BCUT2D eigenvalue weighted by Gasteiger charge is -2.11. The quantitative estimate of drug-likeness (QED) is 0.772. The molecule has 124 valence electrons. The van der Waals surface area contributed by atoms with E-state index in [1.165, 1.54) is 0 Å². The Hall–Kier alpha value is -2.27. The summed E-state index contributed by atoms with van der Waals surface area (Å²) in [5, 5.41) is 6.14. The van der Waals surface area contributed by atoms with Crippen LogP contribution in [-0.2, 0) is 0 Å². The van der Waals surface area contributed by atoms with E-state index in [-0.39, 0.29) is 5.91 Å². The molecule has 2 aromatic rings. The Morgan fingerprint density at radius 3 is 2.48 bits per heavy atom. The molecule has 1 amide bonds. The number of carbonyl (C=O) groups excluding carboxylic acids is 1. The van der Waals surface area contributed by atoms with Crippen LogP contribution in [0, 0.1) is 13.8 Å². The van der Waals surface area contributed by atoms with Crippen molar-refractivity contribution in [3.05, 3.63) is 47.3 Å². The zero-order valence-electron chi connectivity index (χ0n) is 14.3. The van der Waals surface area contributed by atoms with Gasteiger partial charge >= 0.3 is 0 Å². The second-order valence-corrected chi connectivity index (χ2v) is 5.43. The maximum Gasteiger partial charge on any atom is 0.253 e. The van der Waals surface area contributed by atoms with Gasteiger partial charge in [-0.15, -0.1) is 0 Å². The summed E-state index contributed by atoms with van der Waals surface area (Å²) in [6.07, 6.45) is 0. The monoisotopic (exact) mass is 315 g/mol. The Kier molecular flexibility index (Phi) is 5.82. The summed E-state index contributed by atoms with van der Waals surface area (Å²) in [5.74, 6) is 0.786. The van der Waals surface area contributed by atoms with Crippen LogP contribution in [0.25, 0.3) is 5.69 Å². The van der Waals surface area contributed by atoms with Crippen molar-refractivity contribution in [2.75, 3.05) is 26.7 Å². The number of methoxy groups -OCH3 is 1. The second-order valence-electron chi connectivity index (χ2n) is 5.43. The van der Waals surface area contributed by atoms with Crippen molar-refractivity contribution in [1.82, 2.24) is 15.2 Å². The predicted octanol–water partition coefficient (Wildman–Crippen LogP) is 2.44. The molecule has 1 heterocycles. The number of likely N-dealkylation sites (N-methyl/N-ethyl adjacent to an activating group) is 1. The molecule has 0 aliphatic rings. The van der Waals surface area contributed by atoms with Crippen LogP contribution in [0.15, 0.2) is 30.3 Å². The summed E-state index contributed by atoms with van der Waals surface area (Å²) < 4.78 is 7.28. The van der Waals surface area contributed by atoms with Crippen molar-refractivity contribution in [3.8, 4) is 11.4 Å². The lowest BCUT2D eigenvalue weighted by Crippen LogP contribution is -2.31. The molecule has 0 aliphatic heterocycles. The highest BCUT2D eigenvalue weighted by atomic mass is 16.5. The molecule has 0 spiro atoms. The number of amides is 1. The minimum atomic E-state index is -0.0317. The number of hydrogen-bond acceptors (Lipinski definition) is 3. The van der Waals surface area contributed by atoms with Gasteiger partial charge < -0.3 is 19.9 Å². The summed E-state index contributed by atoms with van der Waals surface area (Å²) in [6, 6.07) is 9.76. The Balaban J connectivity index is 2.19. The van der Waals surface area contributed by atoms with E-state index in [1.54, 1.807) is 7.11 Å². The minimum absolute atomic E-state index is 0.0317. The largest absolute Gasteiger partial charge is 0.497 e. The van der Waals surface area contributed by atoms with Gasteiger partial charge in [-0.25, -0.2) is 0 Å². The number of nitrogens with zero attached hydrogens (tertiary/aromatic N) is 1. The van der Waals surface area contributed by atoms with Crippen LogP contribution < -0.4 is 15.4 Å². The summed E-state index contributed by atoms with van der Waals surface area (Å²) in [4.78, 5) is 12.4. The van der Waals surface area contributed by atoms with Crippen molar-refractivity contribution in [1.29, 1.82) is 0 Å². The van der Waals surface area contributed by atoms with Gasteiger partial charge in [-0.05, 0) is 50.7 Å². The topological polar surface area (TPSA) is 55.3 Å². The van der Waals surface area contributed by atoms with E-state index in [9.17, 15) is 4.79 Å². The smallest absolute Gasteiger partial charge is 0.253 e. The molecule has 0 bridgehead atoms. The molecule has 5 heteroatoms. The second kappa shape index (κ2) is 7.83. The molecule has 0 saturated heterocycles. The SMILES string of the molecule is CCNCCNC(=O)c1cc(C)n(-c2ccc(OC)cc2)c1C. The van der Waals surface area contributed by atoms with Crippen LogP contribution in [-0.4, -0.2) is 37.2 Å². The van der Waals surface area contributed by atoms with Gasteiger partial charge in [-0.3, -0.25) is 4.79 Å². The first-order valence-electron chi connectivity index (χ1n) is 7.90. The number of benzene rings is 1. The number of carbonyl (C=O) groups is 1. The number of nitrogens with one attached hydrogen (secondary N) is 2. The Morgan fingerprint density at radius 2 is 1.87 bits per heavy atom. The maximum atomic E-state index is 12.4. The van der Waals surface area contributed by atoms with Gasteiger partial charge in [0.15, 0.2) is 0 Å². The van der Waals surface area contributed by atoms with E-state index in [1.807, 2.05) is 51.1 Å². The predicted molar refractivity (Wildman–Crippen MR) is 92.7 cm³/mol. The Labute approximate surface area is 137 Å². The van der Waals surface area contributed by atoms with E-state index in [0.717, 1.165) is 41.5 Å². The number of aromatic nitrogens is 1. The van der Waals surface area contributed by atoms with E-state index in [2.05, 4.69) is 15.2 Å².